The molecule has 1 aliphatic carbocycles. The minimum atomic E-state index is -0.239. The van der Waals surface area contributed by atoms with Crippen molar-refractivity contribution in [3.05, 3.63) is 29.6 Å². The lowest BCUT2D eigenvalue weighted by atomic mass is 10.1. The van der Waals surface area contributed by atoms with Gasteiger partial charge in [0.1, 0.15) is 0 Å². The molecule has 1 aliphatic rings. The van der Waals surface area contributed by atoms with E-state index in [1.807, 2.05) is 12.3 Å². The molecule has 14 heavy (non-hydrogen) atoms. The van der Waals surface area contributed by atoms with Crippen LogP contribution in [0.15, 0.2) is 18.3 Å². The van der Waals surface area contributed by atoms with Crippen LogP contribution in [0.5, 0.6) is 0 Å². The SMILES string of the molecule is COC(=O)Cc1ccc(C2CC2)cn1. The zero-order chi connectivity index (χ0) is 9.97. The highest BCUT2D eigenvalue weighted by atomic mass is 16.5. The fraction of sp³-hybridized carbons (Fsp3) is 0.455. The van der Waals surface area contributed by atoms with Crippen LogP contribution in [0, 0.1) is 0 Å². The third-order valence-corrected chi connectivity index (χ3v) is 2.45. The fourth-order valence-electron chi connectivity index (χ4n) is 1.42. The van der Waals surface area contributed by atoms with E-state index in [1.165, 1.54) is 25.5 Å². The number of carbonyl (C=O) groups is 1. The van der Waals surface area contributed by atoms with Crippen molar-refractivity contribution in [2.75, 3.05) is 7.11 Å². The first kappa shape index (κ1) is 9.19. The molecule has 2 rings (SSSR count). The number of hydrogen-bond donors (Lipinski definition) is 0. The summed E-state index contributed by atoms with van der Waals surface area (Å²) in [4.78, 5) is 15.2. The molecule has 1 fully saturated rings. The van der Waals surface area contributed by atoms with Gasteiger partial charge in [-0.3, -0.25) is 9.78 Å². The van der Waals surface area contributed by atoms with Crippen LogP contribution >= 0.6 is 0 Å². The third kappa shape index (κ3) is 2.10. The van der Waals surface area contributed by atoms with E-state index in [0.29, 0.717) is 0 Å². The molecule has 0 atom stereocenters. The standard InChI is InChI=1S/C11H13NO2/c1-14-11(13)6-10-5-4-9(7-12-10)8-2-3-8/h4-5,7-8H,2-3,6H2,1H3. The highest BCUT2D eigenvalue weighted by Crippen LogP contribution is 2.39. The number of methoxy groups -OCH3 is 1. The Balaban J connectivity index is 2.02. The highest BCUT2D eigenvalue weighted by molar-refractivity contribution is 5.71. The maximum absolute atomic E-state index is 11.0. The van der Waals surface area contributed by atoms with Gasteiger partial charge < -0.3 is 4.74 Å². The molecule has 1 heterocycles. The number of pyridine rings is 1. The zero-order valence-electron chi connectivity index (χ0n) is 8.19. The molecule has 0 saturated heterocycles. The van der Waals surface area contributed by atoms with E-state index in [2.05, 4.69) is 15.8 Å². The van der Waals surface area contributed by atoms with E-state index < -0.39 is 0 Å². The first-order valence-corrected chi connectivity index (χ1v) is 4.81. The first-order chi connectivity index (χ1) is 6.79. The molecule has 1 saturated carbocycles. The van der Waals surface area contributed by atoms with Crippen LogP contribution < -0.4 is 0 Å². The summed E-state index contributed by atoms with van der Waals surface area (Å²) in [6.45, 7) is 0. The van der Waals surface area contributed by atoms with Crippen molar-refractivity contribution in [2.45, 2.75) is 25.2 Å². The van der Waals surface area contributed by atoms with Gasteiger partial charge in [-0.2, -0.15) is 0 Å². The van der Waals surface area contributed by atoms with Crippen LogP contribution in [0.25, 0.3) is 0 Å². The monoisotopic (exact) mass is 191 g/mol. The van der Waals surface area contributed by atoms with Gasteiger partial charge in [-0.25, -0.2) is 0 Å². The molecule has 0 aliphatic heterocycles. The lowest BCUT2D eigenvalue weighted by molar-refractivity contribution is -0.139. The Kier molecular flexibility index (Phi) is 2.48. The van der Waals surface area contributed by atoms with E-state index in [1.54, 1.807) is 0 Å². The van der Waals surface area contributed by atoms with Gasteiger partial charge in [0, 0.05) is 6.20 Å². The minimum Gasteiger partial charge on any atom is -0.469 e. The quantitative estimate of drug-likeness (QED) is 0.682. The largest absolute Gasteiger partial charge is 0.469 e. The molecular formula is C11H13NO2. The predicted octanol–water partition coefficient (Wildman–Crippen LogP) is 1.67. The molecule has 1 aromatic heterocycles. The molecule has 3 heteroatoms. The zero-order valence-corrected chi connectivity index (χ0v) is 8.19. The van der Waals surface area contributed by atoms with Crippen molar-refractivity contribution in [3.8, 4) is 0 Å². The second-order valence-corrected chi connectivity index (χ2v) is 3.61. The summed E-state index contributed by atoms with van der Waals surface area (Å²) in [5.41, 5.74) is 2.07. The van der Waals surface area contributed by atoms with Gasteiger partial charge in [0.2, 0.25) is 0 Å². The number of aromatic nitrogens is 1. The van der Waals surface area contributed by atoms with Crippen LogP contribution in [0.1, 0.15) is 30.0 Å². The topological polar surface area (TPSA) is 39.2 Å². The molecule has 74 valence electrons. The predicted molar refractivity (Wildman–Crippen MR) is 51.9 cm³/mol. The number of carbonyl (C=O) groups excluding carboxylic acids is 1. The van der Waals surface area contributed by atoms with Crippen LogP contribution in [0.2, 0.25) is 0 Å². The molecule has 0 unspecified atom stereocenters. The Morgan fingerprint density at radius 1 is 1.57 bits per heavy atom. The van der Waals surface area contributed by atoms with Crippen molar-refractivity contribution < 1.29 is 9.53 Å². The number of esters is 1. The average molecular weight is 191 g/mol. The van der Waals surface area contributed by atoms with E-state index in [-0.39, 0.29) is 12.4 Å². The molecule has 0 amide bonds. The van der Waals surface area contributed by atoms with Crippen LogP contribution in [-0.4, -0.2) is 18.1 Å². The van der Waals surface area contributed by atoms with Crippen molar-refractivity contribution in [1.82, 2.24) is 4.98 Å². The molecule has 0 aromatic carbocycles. The second-order valence-electron chi connectivity index (χ2n) is 3.61. The van der Waals surface area contributed by atoms with Crippen LogP contribution in [0.3, 0.4) is 0 Å². The van der Waals surface area contributed by atoms with Gasteiger partial charge in [0.25, 0.3) is 0 Å². The van der Waals surface area contributed by atoms with Crippen molar-refractivity contribution in [1.29, 1.82) is 0 Å². The van der Waals surface area contributed by atoms with Crippen molar-refractivity contribution in [3.63, 3.8) is 0 Å². The van der Waals surface area contributed by atoms with Gasteiger partial charge in [0.05, 0.1) is 19.2 Å². The molecular weight excluding hydrogens is 178 g/mol. The maximum atomic E-state index is 11.0. The average Bonchev–Trinajstić information content (AvgIpc) is 3.02. The number of ether oxygens (including phenoxy) is 1. The first-order valence-electron chi connectivity index (χ1n) is 4.81. The Morgan fingerprint density at radius 3 is 2.86 bits per heavy atom. The van der Waals surface area contributed by atoms with E-state index in [9.17, 15) is 4.79 Å². The van der Waals surface area contributed by atoms with E-state index in [0.717, 1.165) is 11.6 Å². The Hall–Kier alpha value is -1.38. The molecule has 1 aromatic rings. The summed E-state index contributed by atoms with van der Waals surface area (Å²) >= 11 is 0. The highest BCUT2D eigenvalue weighted by Gasteiger charge is 2.23. The molecule has 3 nitrogen and oxygen atoms in total. The fourth-order valence-corrected chi connectivity index (χ4v) is 1.42. The third-order valence-electron chi connectivity index (χ3n) is 2.45. The lowest BCUT2D eigenvalue weighted by Gasteiger charge is -2.00. The van der Waals surface area contributed by atoms with E-state index in [4.69, 9.17) is 0 Å². The van der Waals surface area contributed by atoms with Gasteiger partial charge in [-0.1, -0.05) is 6.07 Å². The second kappa shape index (κ2) is 3.78. The molecule has 0 spiro atoms. The van der Waals surface area contributed by atoms with Crippen molar-refractivity contribution in [2.24, 2.45) is 0 Å². The summed E-state index contributed by atoms with van der Waals surface area (Å²) < 4.78 is 4.57. The Bertz CT molecular complexity index is 328. The number of hydrogen-bond acceptors (Lipinski definition) is 3. The maximum Gasteiger partial charge on any atom is 0.311 e. The minimum absolute atomic E-state index is 0.239. The summed E-state index contributed by atoms with van der Waals surface area (Å²) in [6.07, 6.45) is 4.69. The van der Waals surface area contributed by atoms with Gasteiger partial charge in [-0.15, -0.1) is 0 Å². The molecule has 0 bridgehead atoms. The summed E-state index contributed by atoms with van der Waals surface area (Å²) in [6, 6.07) is 3.97. The molecule has 0 N–H and O–H groups in total. The summed E-state index contributed by atoms with van der Waals surface area (Å²) in [7, 11) is 1.39. The normalized spacial score (nSPS) is 15.2. The van der Waals surface area contributed by atoms with Gasteiger partial charge in [-0.05, 0) is 30.4 Å². The van der Waals surface area contributed by atoms with Crippen LogP contribution in [-0.2, 0) is 16.0 Å². The van der Waals surface area contributed by atoms with Crippen molar-refractivity contribution >= 4 is 5.97 Å². The van der Waals surface area contributed by atoms with Crippen LogP contribution in [0.4, 0.5) is 0 Å². The van der Waals surface area contributed by atoms with Gasteiger partial charge >= 0.3 is 5.97 Å². The summed E-state index contributed by atoms with van der Waals surface area (Å²) in [5, 5.41) is 0. The molecule has 0 radical (unpaired) electrons. The Morgan fingerprint density at radius 2 is 2.36 bits per heavy atom. The smallest absolute Gasteiger partial charge is 0.311 e. The number of nitrogens with zero attached hydrogens (tertiary/aromatic N) is 1. The Labute approximate surface area is 83.1 Å². The van der Waals surface area contributed by atoms with Gasteiger partial charge in [0.15, 0.2) is 0 Å². The lowest BCUT2D eigenvalue weighted by Crippen LogP contribution is -2.05. The van der Waals surface area contributed by atoms with E-state index >= 15 is 0 Å². The summed E-state index contributed by atoms with van der Waals surface area (Å²) in [5.74, 6) is 0.478. The number of rotatable bonds is 3.